The molecule has 1 aliphatic carbocycles. The first-order chi connectivity index (χ1) is 24.4. The Balaban J connectivity index is 1.08. The number of ether oxygens (including phenoxy) is 3. The van der Waals surface area contributed by atoms with Crippen LogP contribution in [0.5, 0.6) is 5.88 Å². The molecule has 4 aromatic rings. The number of aromatic nitrogens is 5. The molecular formula is C36H50N8O6Si. The minimum Gasteiger partial charge on any atom is -0.478 e. The molecule has 274 valence electrons. The van der Waals surface area contributed by atoms with E-state index in [9.17, 15) is 14.7 Å². The molecule has 0 amide bonds. The van der Waals surface area contributed by atoms with Gasteiger partial charge < -0.3 is 34.5 Å². The van der Waals surface area contributed by atoms with Gasteiger partial charge in [-0.2, -0.15) is 5.10 Å². The maximum absolute atomic E-state index is 13.6. The van der Waals surface area contributed by atoms with Crippen LogP contribution in [0.25, 0.3) is 22.2 Å². The molecule has 3 N–H and O–H groups in total. The van der Waals surface area contributed by atoms with Crippen LogP contribution in [0.3, 0.4) is 0 Å². The Morgan fingerprint density at radius 2 is 1.96 bits per heavy atom. The largest absolute Gasteiger partial charge is 0.478 e. The Hall–Kier alpha value is -4.18. The van der Waals surface area contributed by atoms with Crippen LogP contribution in [0.4, 0.5) is 11.6 Å². The first kappa shape index (κ1) is 35.2. The molecule has 2 atom stereocenters. The Morgan fingerprint density at radius 1 is 1.16 bits per heavy atom. The van der Waals surface area contributed by atoms with Crippen molar-refractivity contribution in [3.05, 3.63) is 52.6 Å². The van der Waals surface area contributed by atoms with Gasteiger partial charge in [0.15, 0.2) is 0 Å². The zero-order chi connectivity index (χ0) is 35.9. The number of hydrogen-bond acceptors (Lipinski definition) is 10. The number of imidazole rings is 1. The van der Waals surface area contributed by atoms with Crippen molar-refractivity contribution < 1.29 is 24.1 Å². The average Bonchev–Trinajstić information content (AvgIpc) is 3.74. The molecule has 0 spiro atoms. The summed E-state index contributed by atoms with van der Waals surface area (Å²) in [4.78, 5) is 35.3. The van der Waals surface area contributed by atoms with Crippen molar-refractivity contribution in [3.8, 4) is 17.0 Å². The van der Waals surface area contributed by atoms with Gasteiger partial charge in [-0.3, -0.25) is 14.3 Å². The lowest BCUT2D eigenvalue weighted by atomic mass is 9.90. The number of likely N-dealkylation sites (tertiary alicyclic amines) is 1. The predicted octanol–water partition coefficient (Wildman–Crippen LogP) is 3.92. The molecule has 51 heavy (non-hydrogen) atoms. The Morgan fingerprint density at radius 3 is 2.73 bits per heavy atom. The van der Waals surface area contributed by atoms with Crippen LogP contribution in [-0.2, 0) is 28.8 Å². The van der Waals surface area contributed by atoms with E-state index in [4.69, 9.17) is 24.9 Å². The fraction of sp³-hybridized carbons (Fsp3) is 0.556. The van der Waals surface area contributed by atoms with E-state index in [1.807, 2.05) is 0 Å². The number of morpholine rings is 1. The molecule has 2 saturated heterocycles. The highest BCUT2D eigenvalue weighted by Gasteiger charge is 2.47. The molecule has 3 aromatic heterocycles. The van der Waals surface area contributed by atoms with E-state index >= 15 is 0 Å². The van der Waals surface area contributed by atoms with Crippen LogP contribution in [0.1, 0.15) is 29.6 Å². The smallest absolute Gasteiger partial charge is 0.337 e. The summed E-state index contributed by atoms with van der Waals surface area (Å²) >= 11 is 0. The van der Waals surface area contributed by atoms with Gasteiger partial charge in [0.2, 0.25) is 11.8 Å². The molecule has 2 aliphatic heterocycles. The van der Waals surface area contributed by atoms with Crippen molar-refractivity contribution in [1.29, 1.82) is 0 Å². The van der Waals surface area contributed by atoms with Crippen molar-refractivity contribution in [1.82, 2.24) is 28.8 Å². The van der Waals surface area contributed by atoms with Crippen molar-refractivity contribution in [2.75, 3.05) is 69.8 Å². The second kappa shape index (κ2) is 14.1. The van der Waals surface area contributed by atoms with Crippen molar-refractivity contribution in [2.45, 2.75) is 57.2 Å². The molecule has 5 heterocycles. The third kappa shape index (κ3) is 7.29. The van der Waals surface area contributed by atoms with E-state index in [-0.39, 0.29) is 29.0 Å². The number of aromatic carboxylic acids is 1. The lowest BCUT2D eigenvalue weighted by molar-refractivity contribution is 0.0688. The van der Waals surface area contributed by atoms with Crippen LogP contribution in [-0.4, -0.2) is 107 Å². The summed E-state index contributed by atoms with van der Waals surface area (Å²) in [6.07, 6.45) is 6.11. The molecule has 0 radical (unpaired) electrons. The van der Waals surface area contributed by atoms with Crippen LogP contribution >= 0.6 is 0 Å². The summed E-state index contributed by atoms with van der Waals surface area (Å²) < 4.78 is 23.0. The summed E-state index contributed by atoms with van der Waals surface area (Å²) in [5.41, 5.74) is 9.97. The molecule has 15 heteroatoms. The summed E-state index contributed by atoms with van der Waals surface area (Å²) in [5, 5.41) is 14.3. The van der Waals surface area contributed by atoms with Gasteiger partial charge in [-0.25, -0.2) is 14.5 Å². The number of fused-ring (bicyclic) bond motifs is 3. The lowest BCUT2D eigenvalue weighted by Crippen LogP contribution is -2.49. The Bertz CT molecular complexity index is 1960. The second-order valence-corrected chi connectivity index (χ2v) is 21.2. The minimum absolute atomic E-state index is 0.00865. The highest BCUT2D eigenvalue weighted by Crippen LogP contribution is 2.47. The maximum atomic E-state index is 13.6. The quantitative estimate of drug-likeness (QED) is 0.153. The van der Waals surface area contributed by atoms with E-state index in [2.05, 4.69) is 57.3 Å². The molecular weight excluding hydrogens is 669 g/mol. The summed E-state index contributed by atoms with van der Waals surface area (Å²) in [7, 11) is 0.428. The Labute approximate surface area is 298 Å². The standard InChI is InChI=1S/C36H50N8O6Si/c1-40-33(29(20-38-40)28-17-26(34(46)47)22-43(32(28)45)24-49-15-16-51(2,3)4)50-14-9-41-21-25-7-8-36(19-25,23-41)44-31-18-27(42-10-12-48-13-11-42)5-6-30(31)39-35(44)37/h5-6,17-18,20,22,25H,7-16,19,21,23-24H2,1-4H3,(H2,37,39)(H,46,47). The number of hydrogen-bond donors (Lipinski definition) is 2. The SMILES string of the molecule is Cn1ncc(-c2cc(C(=O)O)cn(COCC[Si](C)(C)C)c2=O)c1OCCN1CC2CCC(n3c(N)nc4ccc(N5CCOCC5)cc43)(C2)C1. The number of nitrogens with zero attached hydrogens (tertiary/aromatic N) is 7. The zero-order valence-corrected chi connectivity index (χ0v) is 31.1. The van der Waals surface area contributed by atoms with Gasteiger partial charge in [-0.15, -0.1) is 0 Å². The summed E-state index contributed by atoms with van der Waals surface area (Å²) in [5.74, 6) is 0.375. The first-order valence-electron chi connectivity index (χ1n) is 17.9. The maximum Gasteiger partial charge on any atom is 0.337 e. The second-order valence-electron chi connectivity index (χ2n) is 15.6. The van der Waals surface area contributed by atoms with Gasteiger partial charge in [0.25, 0.3) is 5.56 Å². The molecule has 3 fully saturated rings. The highest BCUT2D eigenvalue weighted by atomic mass is 28.3. The number of pyridine rings is 1. The Kier molecular flexibility index (Phi) is 9.73. The fourth-order valence-electron chi connectivity index (χ4n) is 8.04. The molecule has 7 rings (SSSR count). The van der Waals surface area contributed by atoms with E-state index < -0.39 is 14.0 Å². The first-order valence-corrected chi connectivity index (χ1v) is 21.7. The molecule has 2 unspecified atom stereocenters. The normalized spacial score (nSPS) is 21.1. The number of nitrogens with two attached hydrogens (primary N) is 1. The molecule has 3 aliphatic rings. The number of carboxylic acid groups (broad SMARTS) is 1. The lowest BCUT2D eigenvalue weighted by Gasteiger charge is -2.42. The number of anilines is 2. The van der Waals surface area contributed by atoms with E-state index in [0.717, 1.165) is 75.7 Å². The van der Waals surface area contributed by atoms with Gasteiger partial charge in [0, 0.05) is 66.3 Å². The number of piperidine rings is 1. The van der Waals surface area contributed by atoms with E-state index in [1.54, 1.807) is 17.9 Å². The van der Waals surface area contributed by atoms with Gasteiger partial charge in [0.1, 0.15) is 13.3 Å². The molecule has 2 bridgehead atoms. The van der Waals surface area contributed by atoms with Gasteiger partial charge >= 0.3 is 5.97 Å². The van der Waals surface area contributed by atoms with Crippen molar-refractivity contribution >= 4 is 36.7 Å². The van der Waals surface area contributed by atoms with Crippen LogP contribution in [0.2, 0.25) is 25.7 Å². The fourth-order valence-corrected chi connectivity index (χ4v) is 8.80. The number of benzene rings is 1. The van der Waals surface area contributed by atoms with Gasteiger partial charge in [-0.05, 0) is 55.5 Å². The zero-order valence-electron chi connectivity index (χ0n) is 30.1. The topological polar surface area (TPSA) is 155 Å². The minimum atomic E-state index is -1.33. The number of carbonyl (C=O) groups is 1. The van der Waals surface area contributed by atoms with Crippen molar-refractivity contribution in [3.63, 3.8) is 0 Å². The molecule has 1 aromatic carbocycles. The van der Waals surface area contributed by atoms with E-state index in [0.29, 0.717) is 43.1 Å². The third-order valence-corrected chi connectivity index (χ3v) is 12.3. The third-order valence-electron chi connectivity index (χ3n) is 10.6. The predicted molar refractivity (Wildman–Crippen MR) is 198 cm³/mol. The highest BCUT2D eigenvalue weighted by molar-refractivity contribution is 6.76. The number of rotatable bonds is 13. The summed E-state index contributed by atoms with van der Waals surface area (Å²) in [6.45, 7) is 13.2. The number of nitrogen functional groups attached to an aromatic ring is 1. The van der Waals surface area contributed by atoms with Crippen LogP contribution in [0, 0.1) is 5.92 Å². The summed E-state index contributed by atoms with van der Waals surface area (Å²) in [6, 6.07) is 8.79. The monoisotopic (exact) mass is 718 g/mol. The average molecular weight is 719 g/mol. The number of carboxylic acids is 1. The number of aryl methyl sites for hydroxylation is 1. The van der Waals surface area contributed by atoms with Crippen LogP contribution < -0.4 is 20.9 Å². The van der Waals surface area contributed by atoms with Gasteiger partial charge in [-0.1, -0.05) is 19.6 Å². The van der Waals surface area contributed by atoms with E-state index in [1.165, 1.54) is 22.5 Å². The van der Waals surface area contributed by atoms with Crippen LogP contribution in [0.15, 0.2) is 41.5 Å². The van der Waals surface area contributed by atoms with Crippen molar-refractivity contribution in [2.24, 2.45) is 13.0 Å². The molecule has 14 nitrogen and oxygen atoms in total. The molecule has 1 saturated carbocycles. The van der Waals surface area contributed by atoms with Gasteiger partial charge in [0.05, 0.1) is 52.7 Å².